The predicted molar refractivity (Wildman–Crippen MR) is 64.5 cm³/mol. The molecule has 0 bridgehead atoms. The van der Waals surface area contributed by atoms with Gasteiger partial charge in [-0.2, -0.15) is 5.10 Å². The van der Waals surface area contributed by atoms with Crippen molar-refractivity contribution in [3.8, 4) is 0 Å². The van der Waals surface area contributed by atoms with Crippen molar-refractivity contribution >= 4 is 0 Å². The maximum atomic E-state index is 4.27. The molecule has 5 heteroatoms. The first-order valence-electron chi connectivity index (χ1n) is 6.04. The van der Waals surface area contributed by atoms with Crippen molar-refractivity contribution in [3.63, 3.8) is 0 Å². The Hall–Kier alpha value is -1.62. The average molecular weight is 231 g/mol. The molecule has 90 valence electrons. The van der Waals surface area contributed by atoms with Crippen LogP contribution >= 0.6 is 0 Å². The van der Waals surface area contributed by atoms with E-state index in [4.69, 9.17) is 0 Å². The summed E-state index contributed by atoms with van der Waals surface area (Å²) in [4.78, 5) is 4.27. The van der Waals surface area contributed by atoms with E-state index in [1.165, 1.54) is 24.1 Å². The normalized spacial score (nSPS) is 19.9. The number of hydrogen-bond acceptors (Lipinski definition) is 3. The molecule has 2 aromatic rings. The number of nitrogens with zero attached hydrogens (tertiary/aromatic N) is 4. The zero-order valence-electron chi connectivity index (χ0n) is 10.0. The van der Waals surface area contributed by atoms with Crippen LogP contribution in [0.3, 0.4) is 0 Å². The summed E-state index contributed by atoms with van der Waals surface area (Å²) < 4.78 is 4.04. The van der Waals surface area contributed by atoms with Gasteiger partial charge in [0.1, 0.15) is 0 Å². The number of hydrogen-bond donors (Lipinski definition) is 1. The van der Waals surface area contributed by atoms with Crippen LogP contribution in [-0.2, 0) is 13.6 Å². The Bertz CT molecular complexity index is 492. The van der Waals surface area contributed by atoms with Crippen LogP contribution in [0.15, 0.2) is 24.9 Å². The minimum atomic E-state index is 0.467. The van der Waals surface area contributed by atoms with E-state index in [-0.39, 0.29) is 0 Å². The molecular formula is C12H17N5. The lowest BCUT2D eigenvalue weighted by Crippen LogP contribution is -2.17. The lowest BCUT2D eigenvalue weighted by molar-refractivity contribution is 0.584. The van der Waals surface area contributed by atoms with E-state index in [1.54, 1.807) is 0 Å². The fourth-order valence-electron chi connectivity index (χ4n) is 2.44. The van der Waals surface area contributed by atoms with Crippen LogP contribution < -0.4 is 5.32 Å². The van der Waals surface area contributed by atoms with E-state index in [0.29, 0.717) is 6.04 Å². The molecular weight excluding hydrogens is 214 g/mol. The third-order valence-corrected chi connectivity index (χ3v) is 3.27. The van der Waals surface area contributed by atoms with Gasteiger partial charge >= 0.3 is 0 Å². The summed E-state index contributed by atoms with van der Waals surface area (Å²) in [6.07, 6.45) is 10.3. The Balaban J connectivity index is 1.81. The van der Waals surface area contributed by atoms with Crippen LogP contribution in [0.2, 0.25) is 0 Å². The van der Waals surface area contributed by atoms with Gasteiger partial charge in [-0.05, 0) is 19.4 Å². The molecule has 0 amide bonds. The van der Waals surface area contributed by atoms with E-state index in [0.717, 1.165) is 13.1 Å². The molecule has 0 saturated carbocycles. The summed E-state index contributed by atoms with van der Waals surface area (Å²) in [7, 11) is 1.94. The minimum Gasteiger partial charge on any atom is -0.329 e. The second-order valence-electron chi connectivity index (χ2n) is 4.62. The van der Waals surface area contributed by atoms with Crippen LogP contribution in [0.25, 0.3) is 0 Å². The van der Waals surface area contributed by atoms with E-state index in [2.05, 4.69) is 20.0 Å². The molecule has 1 fully saturated rings. The molecule has 0 aliphatic carbocycles. The minimum absolute atomic E-state index is 0.467. The van der Waals surface area contributed by atoms with E-state index in [1.807, 2.05) is 36.6 Å². The highest BCUT2D eigenvalue weighted by Crippen LogP contribution is 2.23. The molecule has 0 radical (unpaired) electrons. The second kappa shape index (κ2) is 4.33. The summed E-state index contributed by atoms with van der Waals surface area (Å²) in [6, 6.07) is 0.467. The Kier molecular flexibility index (Phi) is 2.68. The van der Waals surface area contributed by atoms with Crippen molar-refractivity contribution in [2.24, 2.45) is 7.05 Å². The number of rotatable bonds is 3. The van der Waals surface area contributed by atoms with Gasteiger partial charge in [-0.25, -0.2) is 4.98 Å². The molecule has 3 heterocycles. The first kappa shape index (κ1) is 10.5. The fourth-order valence-corrected chi connectivity index (χ4v) is 2.44. The highest BCUT2D eigenvalue weighted by Gasteiger charge is 2.19. The van der Waals surface area contributed by atoms with Crippen LogP contribution in [0, 0.1) is 0 Å². The fraction of sp³-hybridized carbons (Fsp3) is 0.500. The molecule has 1 aliphatic heterocycles. The zero-order valence-corrected chi connectivity index (χ0v) is 10.0. The molecule has 3 rings (SSSR count). The molecule has 1 atom stereocenters. The predicted octanol–water partition coefficient (Wildman–Crippen LogP) is 1.09. The van der Waals surface area contributed by atoms with Gasteiger partial charge in [-0.15, -0.1) is 0 Å². The third kappa shape index (κ3) is 2.10. The molecule has 1 N–H and O–H groups in total. The van der Waals surface area contributed by atoms with E-state index >= 15 is 0 Å². The van der Waals surface area contributed by atoms with Crippen molar-refractivity contribution in [2.45, 2.75) is 25.4 Å². The smallest absolute Gasteiger partial charge is 0.0951 e. The van der Waals surface area contributed by atoms with Crippen molar-refractivity contribution in [1.29, 1.82) is 0 Å². The van der Waals surface area contributed by atoms with Gasteiger partial charge in [0.25, 0.3) is 0 Å². The number of aryl methyl sites for hydroxylation is 1. The quantitative estimate of drug-likeness (QED) is 0.860. The summed E-state index contributed by atoms with van der Waals surface area (Å²) in [5, 5.41) is 7.70. The summed E-state index contributed by atoms with van der Waals surface area (Å²) >= 11 is 0. The summed E-state index contributed by atoms with van der Waals surface area (Å²) in [6.45, 7) is 1.96. The topological polar surface area (TPSA) is 47.7 Å². The van der Waals surface area contributed by atoms with Gasteiger partial charge in [0, 0.05) is 31.0 Å². The van der Waals surface area contributed by atoms with Gasteiger partial charge in [0.15, 0.2) is 0 Å². The van der Waals surface area contributed by atoms with Gasteiger partial charge < -0.3 is 9.88 Å². The maximum Gasteiger partial charge on any atom is 0.0951 e. The summed E-state index contributed by atoms with van der Waals surface area (Å²) in [5.41, 5.74) is 2.50. The molecule has 0 aromatic carbocycles. The monoisotopic (exact) mass is 231 g/mol. The maximum absolute atomic E-state index is 4.27. The van der Waals surface area contributed by atoms with Crippen molar-refractivity contribution in [2.75, 3.05) is 6.54 Å². The Labute approximate surface area is 100 Å². The Morgan fingerprint density at radius 2 is 2.41 bits per heavy atom. The van der Waals surface area contributed by atoms with Crippen LogP contribution in [-0.4, -0.2) is 25.9 Å². The molecule has 1 saturated heterocycles. The first-order chi connectivity index (χ1) is 8.33. The van der Waals surface area contributed by atoms with E-state index in [9.17, 15) is 0 Å². The van der Waals surface area contributed by atoms with Crippen LogP contribution in [0.1, 0.15) is 30.1 Å². The lowest BCUT2D eigenvalue weighted by atomic mass is 10.1. The van der Waals surface area contributed by atoms with Crippen molar-refractivity contribution in [1.82, 2.24) is 24.6 Å². The second-order valence-corrected chi connectivity index (χ2v) is 4.62. The van der Waals surface area contributed by atoms with Gasteiger partial charge in [-0.1, -0.05) is 0 Å². The van der Waals surface area contributed by atoms with Crippen molar-refractivity contribution < 1.29 is 0 Å². The third-order valence-electron chi connectivity index (χ3n) is 3.27. The van der Waals surface area contributed by atoms with Crippen LogP contribution in [0.5, 0.6) is 0 Å². The molecule has 2 aromatic heterocycles. The van der Waals surface area contributed by atoms with Crippen LogP contribution in [0.4, 0.5) is 0 Å². The molecule has 1 aliphatic rings. The number of imidazole rings is 1. The highest BCUT2D eigenvalue weighted by molar-refractivity contribution is 5.12. The number of aromatic nitrogens is 4. The Morgan fingerprint density at radius 3 is 3.12 bits per heavy atom. The highest BCUT2D eigenvalue weighted by atomic mass is 15.2. The lowest BCUT2D eigenvalue weighted by Gasteiger charge is -2.13. The number of nitrogens with one attached hydrogen (secondary N) is 1. The molecule has 17 heavy (non-hydrogen) atoms. The SMILES string of the molecule is Cn1cc(Cn2cncc2[C@@H]2CCCN2)cn1. The van der Waals surface area contributed by atoms with Gasteiger partial charge in [0.05, 0.1) is 24.8 Å². The molecule has 0 spiro atoms. The first-order valence-corrected chi connectivity index (χ1v) is 6.04. The average Bonchev–Trinajstić information content (AvgIpc) is 3.00. The summed E-state index contributed by atoms with van der Waals surface area (Å²) in [5.74, 6) is 0. The Morgan fingerprint density at radius 1 is 1.47 bits per heavy atom. The molecule has 0 unspecified atom stereocenters. The van der Waals surface area contributed by atoms with E-state index < -0.39 is 0 Å². The van der Waals surface area contributed by atoms with Gasteiger partial charge in [-0.3, -0.25) is 4.68 Å². The largest absolute Gasteiger partial charge is 0.329 e. The van der Waals surface area contributed by atoms with Gasteiger partial charge in [0.2, 0.25) is 0 Å². The zero-order chi connectivity index (χ0) is 11.7. The van der Waals surface area contributed by atoms with Crippen molar-refractivity contribution in [3.05, 3.63) is 36.2 Å². The standard InChI is InChI=1S/C12H17N5/c1-16-7-10(5-15-16)8-17-9-13-6-12(17)11-3-2-4-14-11/h5-7,9,11,14H,2-4,8H2,1H3/t11-/m0/s1. The molecule has 5 nitrogen and oxygen atoms in total.